The number of nitrogen functional groups attached to an aromatic ring is 1. The molecule has 1 heterocycles. The maximum absolute atomic E-state index is 13.5. The Balaban J connectivity index is 2.27. The summed E-state index contributed by atoms with van der Waals surface area (Å²) in [6.45, 7) is 2.42. The summed E-state index contributed by atoms with van der Waals surface area (Å²) in [5.74, 6) is 0.201. The minimum atomic E-state index is -0.232. The van der Waals surface area contributed by atoms with Gasteiger partial charge in [-0.3, -0.25) is 0 Å². The van der Waals surface area contributed by atoms with Gasteiger partial charge in [0, 0.05) is 5.56 Å². The number of rotatable bonds is 4. The predicted octanol–water partition coefficient (Wildman–Crippen LogP) is 2.00. The minimum absolute atomic E-state index is 0.232. The first kappa shape index (κ1) is 11.6. The third-order valence-corrected chi connectivity index (χ3v) is 2.63. The Morgan fingerprint density at radius 1 is 1.35 bits per heavy atom. The van der Waals surface area contributed by atoms with Crippen LogP contribution in [-0.2, 0) is 13.0 Å². The second-order valence-corrected chi connectivity index (χ2v) is 3.92. The van der Waals surface area contributed by atoms with Crippen LogP contribution in [0.5, 0.6) is 0 Å². The van der Waals surface area contributed by atoms with E-state index in [0.717, 1.165) is 18.5 Å². The molecule has 0 aliphatic carbocycles. The third-order valence-electron chi connectivity index (χ3n) is 2.63. The van der Waals surface area contributed by atoms with E-state index in [1.165, 1.54) is 6.07 Å². The van der Waals surface area contributed by atoms with Crippen molar-refractivity contribution in [2.24, 2.45) is 0 Å². The first-order chi connectivity index (χ1) is 8.22. The normalized spacial score (nSPS) is 10.7. The molecule has 0 amide bonds. The molecule has 0 saturated heterocycles. The first-order valence-electron chi connectivity index (χ1n) is 5.63. The molecule has 5 heteroatoms. The van der Waals surface area contributed by atoms with Crippen molar-refractivity contribution >= 4 is 5.82 Å². The van der Waals surface area contributed by atoms with Crippen molar-refractivity contribution in [2.45, 2.75) is 26.3 Å². The Morgan fingerprint density at radius 2 is 2.12 bits per heavy atom. The molecule has 0 bridgehead atoms. The molecule has 2 aromatic rings. The van der Waals surface area contributed by atoms with Crippen LogP contribution in [0.3, 0.4) is 0 Å². The van der Waals surface area contributed by atoms with Crippen LogP contribution in [0, 0.1) is 5.82 Å². The first-order valence-corrected chi connectivity index (χ1v) is 5.63. The van der Waals surface area contributed by atoms with Crippen molar-refractivity contribution in [1.82, 2.24) is 15.0 Å². The summed E-state index contributed by atoms with van der Waals surface area (Å²) in [6, 6.07) is 6.65. The Hall–Kier alpha value is -1.91. The van der Waals surface area contributed by atoms with Crippen LogP contribution >= 0.6 is 0 Å². The number of halogens is 1. The van der Waals surface area contributed by atoms with Gasteiger partial charge in [-0.2, -0.15) is 0 Å². The molecule has 0 aliphatic rings. The summed E-state index contributed by atoms with van der Waals surface area (Å²) in [4.78, 5) is 0. The van der Waals surface area contributed by atoms with Crippen molar-refractivity contribution < 1.29 is 4.39 Å². The molecule has 4 nitrogen and oxygen atoms in total. The van der Waals surface area contributed by atoms with E-state index in [2.05, 4.69) is 17.2 Å². The second-order valence-electron chi connectivity index (χ2n) is 3.92. The van der Waals surface area contributed by atoms with Crippen LogP contribution in [0.25, 0.3) is 0 Å². The number of hydrogen-bond donors (Lipinski definition) is 1. The molecule has 2 rings (SSSR count). The van der Waals surface area contributed by atoms with Gasteiger partial charge in [-0.05, 0) is 12.5 Å². The molecule has 0 spiro atoms. The van der Waals surface area contributed by atoms with Crippen LogP contribution in [0.2, 0.25) is 0 Å². The lowest BCUT2D eigenvalue weighted by Crippen LogP contribution is -2.08. The van der Waals surface area contributed by atoms with E-state index >= 15 is 0 Å². The number of nitrogens with zero attached hydrogens (tertiary/aromatic N) is 3. The van der Waals surface area contributed by atoms with Crippen molar-refractivity contribution in [2.75, 3.05) is 5.73 Å². The molecule has 17 heavy (non-hydrogen) atoms. The molecule has 1 aromatic carbocycles. The van der Waals surface area contributed by atoms with Crippen molar-refractivity contribution in [1.29, 1.82) is 0 Å². The highest BCUT2D eigenvalue weighted by Gasteiger charge is 2.11. The van der Waals surface area contributed by atoms with E-state index in [1.54, 1.807) is 22.9 Å². The molecule has 0 unspecified atom stereocenters. The molecule has 0 radical (unpaired) electrons. The smallest absolute Gasteiger partial charge is 0.169 e. The van der Waals surface area contributed by atoms with Gasteiger partial charge in [-0.25, -0.2) is 9.07 Å². The predicted molar refractivity (Wildman–Crippen MR) is 63.9 cm³/mol. The maximum atomic E-state index is 13.5. The zero-order valence-electron chi connectivity index (χ0n) is 9.73. The number of hydrogen-bond acceptors (Lipinski definition) is 3. The average Bonchev–Trinajstić information content (AvgIpc) is 2.65. The fourth-order valence-electron chi connectivity index (χ4n) is 1.76. The monoisotopic (exact) mass is 234 g/mol. The highest BCUT2D eigenvalue weighted by molar-refractivity contribution is 5.33. The highest BCUT2D eigenvalue weighted by Crippen LogP contribution is 2.14. The summed E-state index contributed by atoms with van der Waals surface area (Å²) in [5, 5.41) is 7.78. The lowest BCUT2D eigenvalue weighted by Gasteiger charge is -2.06. The maximum Gasteiger partial charge on any atom is 0.169 e. The lowest BCUT2D eigenvalue weighted by atomic mass is 10.2. The van der Waals surface area contributed by atoms with Crippen LogP contribution < -0.4 is 5.73 Å². The molecular formula is C12H15FN4. The summed E-state index contributed by atoms with van der Waals surface area (Å²) < 4.78 is 15.2. The zero-order chi connectivity index (χ0) is 12.3. The average molecular weight is 234 g/mol. The number of anilines is 1. The number of benzene rings is 1. The fourth-order valence-corrected chi connectivity index (χ4v) is 1.76. The van der Waals surface area contributed by atoms with Crippen LogP contribution in [0.4, 0.5) is 10.2 Å². The Morgan fingerprint density at radius 3 is 2.82 bits per heavy atom. The molecule has 1 aromatic heterocycles. The van der Waals surface area contributed by atoms with Crippen LogP contribution in [-0.4, -0.2) is 15.0 Å². The van der Waals surface area contributed by atoms with Gasteiger partial charge in [-0.15, -0.1) is 5.10 Å². The summed E-state index contributed by atoms with van der Waals surface area (Å²) >= 11 is 0. The molecule has 0 saturated carbocycles. The quantitative estimate of drug-likeness (QED) is 0.880. The van der Waals surface area contributed by atoms with Gasteiger partial charge in [0.25, 0.3) is 0 Å². The van der Waals surface area contributed by atoms with E-state index in [1.807, 2.05) is 0 Å². The standard InChI is InChI=1S/C12H15FN4/c1-2-5-11-12(14)15-16-17(11)8-9-6-3-4-7-10(9)13/h3-4,6-7H,2,5,8,14H2,1H3. The van der Waals surface area contributed by atoms with Crippen molar-refractivity contribution in [3.8, 4) is 0 Å². The second kappa shape index (κ2) is 4.95. The minimum Gasteiger partial charge on any atom is -0.381 e. The molecule has 0 fully saturated rings. The van der Waals surface area contributed by atoms with Crippen molar-refractivity contribution in [3.05, 3.63) is 41.3 Å². The highest BCUT2D eigenvalue weighted by atomic mass is 19.1. The van der Waals surface area contributed by atoms with Crippen molar-refractivity contribution in [3.63, 3.8) is 0 Å². The molecule has 90 valence electrons. The van der Waals surface area contributed by atoms with Gasteiger partial charge in [0.2, 0.25) is 0 Å². The van der Waals surface area contributed by atoms with E-state index in [-0.39, 0.29) is 5.82 Å². The lowest BCUT2D eigenvalue weighted by molar-refractivity contribution is 0.564. The van der Waals surface area contributed by atoms with Gasteiger partial charge < -0.3 is 5.73 Å². The van der Waals surface area contributed by atoms with E-state index in [9.17, 15) is 4.39 Å². The third kappa shape index (κ3) is 2.43. The van der Waals surface area contributed by atoms with Gasteiger partial charge in [-0.1, -0.05) is 36.8 Å². The Kier molecular flexibility index (Phi) is 3.37. The fraction of sp³-hybridized carbons (Fsp3) is 0.333. The molecule has 0 atom stereocenters. The summed E-state index contributed by atoms with van der Waals surface area (Å²) in [5.41, 5.74) is 7.19. The molecule has 2 N–H and O–H groups in total. The van der Waals surface area contributed by atoms with E-state index in [4.69, 9.17) is 5.73 Å². The Bertz CT molecular complexity index is 507. The van der Waals surface area contributed by atoms with E-state index < -0.39 is 0 Å². The topological polar surface area (TPSA) is 56.7 Å². The van der Waals surface area contributed by atoms with E-state index in [0.29, 0.717) is 17.9 Å². The zero-order valence-corrected chi connectivity index (χ0v) is 9.73. The van der Waals surface area contributed by atoms with Gasteiger partial charge in [0.1, 0.15) is 5.82 Å². The number of nitrogens with two attached hydrogens (primary N) is 1. The summed E-state index contributed by atoms with van der Waals surface area (Å²) in [6.07, 6.45) is 1.75. The molecule has 0 aliphatic heterocycles. The molecular weight excluding hydrogens is 219 g/mol. The largest absolute Gasteiger partial charge is 0.381 e. The summed E-state index contributed by atoms with van der Waals surface area (Å²) in [7, 11) is 0. The SMILES string of the molecule is CCCc1c(N)nnn1Cc1ccccc1F. The van der Waals surface area contributed by atoms with Gasteiger partial charge in [0.15, 0.2) is 5.82 Å². The van der Waals surface area contributed by atoms with Gasteiger partial charge in [0.05, 0.1) is 12.2 Å². The van der Waals surface area contributed by atoms with Gasteiger partial charge >= 0.3 is 0 Å². The van der Waals surface area contributed by atoms with Crippen LogP contribution in [0.1, 0.15) is 24.6 Å². The van der Waals surface area contributed by atoms with Crippen LogP contribution in [0.15, 0.2) is 24.3 Å². The number of aromatic nitrogens is 3. The Labute approximate surface area is 99.2 Å².